The van der Waals surface area contributed by atoms with Crippen LogP contribution in [0.15, 0.2) is 48.9 Å². The van der Waals surface area contributed by atoms with Crippen LogP contribution in [0.2, 0.25) is 0 Å². The fraction of sp³-hybridized carbons (Fsp3) is 0.136. The Balaban J connectivity index is 1.71. The van der Waals surface area contributed by atoms with Gasteiger partial charge >= 0.3 is 0 Å². The predicted octanol–water partition coefficient (Wildman–Crippen LogP) is 3.23. The number of hydrogen-bond acceptors (Lipinski definition) is 6. The zero-order valence-electron chi connectivity index (χ0n) is 16.3. The zero-order chi connectivity index (χ0) is 21.1. The maximum absolute atomic E-state index is 14.4. The summed E-state index contributed by atoms with van der Waals surface area (Å²) in [6, 6.07) is 8.57. The molecule has 0 fully saturated rings. The summed E-state index contributed by atoms with van der Waals surface area (Å²) in [4.78, 5) is 8.58. The van der Waals surface area contributed by atoms with E-state index in [2.05, 4.69) is 26.3 Å². The molecule has 0 amide bonds. The van der Waals surface area contributed by atoms with E-state index >= 15 is 0 Å². The van der Waals surface area contributed by atoms with Gasteiger partial charge in [0.05, 0.1) is 6.20 Å². The van der Waals surface area contributed by atoms with Crippen molar-refractivity contribution in [3.8, 4) is 29.2 Å². The molecule has 0 aliphatic heterocycles. The van der Waals surface area contributed by atoms with Crippen LogP contribution in [0.5, 0.6) is 5.75 Å². The second kappa shape index (κ2) is 8.19. The van der Waals surface area contributed by atoms with E-state index in [1.165, 1.54) is 12.3 Å². The number of anilines is 2. The van der Waals surface area contributed by atoms with E-state index in [9.17, 15) is 4.39 Å². The fourth-order valence-corrected chi connectivity index (χ4v) is 3.04. The van der Waals surface area contributed by atoms with Crippen molar-refractivity contribution in [3.05, 3.63) is 60.3 Å². The average molecular weight is 402 g/mol. The van der Waals surface area contributed by atoms with Crippen molar-refractivity contribution in [3.63, 3.8) is 0 Å². The van der Waals surface area contributed by atoms with E-state index in [-0.39, 0.29) is 11.5 Å². The van der Waals surface area contributed by atoms with Crippen LogP contribution in [0.3, 0.4) is 0 Å². The normalized spacial score (nSPS) is 10.7. The molecule has 0 atom stereocenters. The van der Waals surface area contributed by atoms with Gasteiger partial charge in [0.1, 0.15) is 17.9 Å². The standard InChI is InChI=1S/C22H19FN6O/c1-3-14-6-16-11-25-22(28-21(16)20(23)7-14)27-18-8-15(17-12-26-29(2)13-17)9-19(10-18)30-5-4-24/h1,6-13H,4-5,24H2,2H3,(H,25,27,28). The largest absolute Gasteiger partial charge is 0.492 e. The molecule has 2 aromatic carbocycles. The Morgan fingerprint density at radius 2 is 2.07 bits per heavy atom. The Morgan fingerprint density at radius 1 is 1.20 bits per heavy atom. The van der Waals surface area contributed by atoms with Gasteiger partial charge in [-0.25, -0.2) is 14.4 Å². The van der Waals surface area contributed by atoms with E-state index in [0.717, 1.165) is 11.1 Å². The number of ether oxygens (including phenoxy) is 1. The van der Waals surface area contributed by atoms with Crippen LogP contribution in [-0.4, -0.2) is 32.9 Å². The third-order valence-corrected chi connectivity index (χ3v) is 4.39. The first-order valence-corrected chi connectivity index (χ1v) is 9.22. The van der Waals surface area contributed by atoms with Crippen molar-refractivity contribution >= 4 is 22.5 Å². The van der Waals surface area contributed by atoms with Crippen LogP contribution in [0.1, 0.15) is 5.56 Å². The van der Waals surface area contributed by atoms with Crippen LogP contribution in [-0.2, 0) is 7.05 Å². The maximum atomic E-state index is 14.4. The van der Waals surface area contributed by atoms with Gasteiger partial charge in [0.15, 0.2) is 5.82 Å². The van der Waals surface area contributed by atoms with Crippen molar-refractivity contribution in [2.75, 3.05) is 18.5 Å². The Kier molecular flexibility index (Phi) is 5.28. The summed E-state index contributed by atoms with van der Waals surface area (Å²) < 4.78 is 21.8. The van der Waals surface area contributed by atoms with Crippen molar-refractivity contribution in [1.82, 2.24) is 19.7 Å². The van der Waals surface area contributed by atoms with Gasteiger partial charge in [-0.1, -0.05) is 5.92 Å². The van der Waals surface area contributed by atoms with E-state index in [4.69, 9.17) is 16.9 Å². The molecule has 0 aliphatic rings. The molecular weight excluding hydrogens is 383 g/mol. The van der Waals surface area contributed by atoms with Crippen LogP contribution in [0.25, 0.3) is 22.0 Å². The molecule has 30 heavy (non-hydrogen) atoms. The average Bonchev–Trinajstić information content (AvgIpc) is 3.19. The third-order valence-electron chi connectivity index (χ3n) is 4.39. The number of nitrogens with zero attached hydrogens (tertiary/aromatic N) is 4. The Labute approximate surface area is 172 Å². The minimum Gasteiger partial charge on any atom is -0.492 e. The number of nitrogens with one attached hydrogen (secondary N) is 1. The maximum Gasteiger partial charge on any atom is 0.227 e. The number of rotatable bonds is 6. The van der Waals surface area contributed by atoms with Gasteiger partial charge in [-0.2, -0.15) is 5.10 Å². The molecule has 150 valence electrons. The Hall–Kier alpha value is -3.96. The quantitative estimate of drug-likeness (QED) is 0.481. The summed E-state index contributed by atoms with van der Waals surface area (Å²) in [6.45, 7) is 0.776. The van der Waals surface area contributed by atoms with Crippen LogP contribution >= 0.6 is 0 Å². The Bertz CT molecular complexity index is 1260. The molecule has 7 nitrogen and oxygen atoms in total. The van der Waals surface area contributed by atoms with Crippen LogP contribution < -0.4 is 15.8 Å². The van der Waals surface area contributed by atoms with Gasteiger partial charge in [0.2, 0.25) is 5.95 Å². The predicted molar refractivity (Wildman–Crippen MR) is 114 cm³/mol. The first kappa shape index (κ1) is 19.4. The van der Waals surface area contributed by atoms with Gasteiger partial charge in [-0.05, 0) is 29.8 Å². The lowest BCUT2D eigenvalue weighted by molar-refractivity contribution is 0.328. The molecular formula is C22H19FN6O. The second-order valence-electron chi connectivity index (χ2n) is 6.64. The molecule has 2 aromatic heterocycles. The van der Waals surface area contributed by atoms with Crippen LogP contribution in [0, 0.1) is 18.2 Å². The second-order valence-corrected chi connectivity index (χ2v) is 6.64. The third kappa shape index (κ3) is 4.06. The van der Waals surface area contributed by atoms with E-state index < -0.39 is 5.82 Å². The number of fused-ring (bicyclic) bond motifs is 1. The number of terminal acetylenes is 1. The molecule has 0 spiro atoms. The van der Waals surface area contributed by atoms with Gasteiger partial charge in [0, 0.05) is 54.3 Å². The molecule has 0 saturated heterocycles. The molecule has 0 unspecified atom stereocenters. The molecule has 0 radical (unpaired) electrons. The lowest BCUT2D eigenvalue weighted by Gasteiger charge is -2.12. The summed E-state index contributed by atoms with van der Waals surface area (Å²) in [6.07, 6.45) is 10.6. The summed E-state index contributed by atoms with van der Waals surface area (Å²) in [5.41, 5.74) is 8.69. The summed E-state index contributed by atoms with van der Waals surface area (Å²) >= 11 is 0. The molecule has 0 aliphatic carbocycles. The number of aromatic nitrogens is 4. The van der Waals surface area contributed by atoms with E-state index in [1.54, 1.807) is 23.0 Å². The fourth-order valence-electron chi connectivity index (χ4n) is 3.04. The summed E-state index contributed by atoms with van der Waals surface area (Å²) in [5, 5.41) is 7.86. The topological polar surface area (TPSA) is 90.9 Å². The van der Waals surface area contributed by atoms with Gasteiger partial charge in [-0.3, -0.25) is 4.68 Å². The Morgan fingerprint density at radius 3 is 2.80 bits per heavy atom. The van der Waals surface area contributed by atoms with Crippen molar-refractivity contribution in [2.45, 2.75) is 0 Å². The van der Waals surface area contributed by atoms with Gasteiger partial charge in [-0.15, -0.1) is 6.42 Å². The number of aryl methyl sites for hydroxylation is 1. The summed E-state index contributed by atoms with van der Waals surface area (Å²) in [5.74, 6) is 2.81. The molecule has 4 aromatic rings. The molecule has 3 N–H and O–H groups in total. The SMILES string of the molecule is C#Cc1cc(F)c2nc(Nc3cc(OCCN)cc(-c4cnn(C)c4)c3)ncc2c1. The van der Waals surface area contributed by atoms with E-state index in [1.807, 2.05) is 25.4 Å². The highest BCUT2D eigenvalue weighted by Crippen LogP contribution is 2.30. The highest BCUT2D eigenvalue weighted by Gasteiger charge is 2.10. The zero-order valence-corrected chi connectivity index (χ0v) is 16.3. The number of halogens is 1. The van der Waals surface area contributed by atoms with Gasteiger partial charge in [0.25, 0.3) is 0 Å². The molecule has 0 saturated carbocycles. The molecule has 0 bridgehead atoms. The number of nitrogens with two attached hydrogens (primary N) is 1. The molecule has 2 heterocycles. The van der Waals surface area contributed by atoms with Crippen molar-refractivity contribution in [2.24, 2.45) is 12.8 Å². The smallest absolute Gasteiger partial charge is 0.227 e. The van der Waals surface area contributed by atoms with E-state index in [0.29, 0.717) is 35.5 Å². The summed E-state index contributed by atoms with van der Waals surface area (Å²) in [7, 11) is 1.85. The minimum atomic E-state index is -0.498. The monoisotopic (exact) mass is 402 g/mol. The van der Waals surface area contributed by atoms with Crippen molar-refractivity contribution in [1.29, 1.82) is 0 Å². The van der Waals surface area contributed by atoms with Crippen molar-refractivity contribution < 1.29 is 9.13 Å². The minimum absolute atomic E-state index is 0.189. The highest BCUT2D eigenvalue weighted by atomic mass is 19.1. The lowest BCUT2D eigenvalue weighted by Crippen LogP contribution is -2.10. The first-order chi connectivity index (χ1) is 14.6. The lowest BCUT2D eigenvalue weighted by atomic mass is 10.1. The molecule has 4 rings (SSSR count). The highest BCUT2D eigenvalue weighted by molar-refractivity contribution is 5.81. The van der Waals surface area contributed by atoms with Gasteiger partial charge < -0.3 is 15.8 Å². The van der Waals surface area contributed by atoms with Crippen LogP contribution in [0.4, 0.5) is 16.0 Å². The molecule has 8 heteroatoms. The number of benzene rings is 2. The number of hydrogen-bond donors (Lipinski definition) is 2. The first-order valence-electron chi connectivity index (χ1n) is 9.22.